The minimum Gasteiger partial charge on any atom is -0.345 e. The topological polar surface area (TPSA) is 91.7 Å². The molecule has 2 aromatic carbocycles. The normalized spacial score (nSPS) is 14.2. The number of rotatable bonds is 13. The maximum absolute atomic E-state index is 14.1. The van der Waals surface area contributed by atoms with E-state index < -0.39 is 10.0 Å². The van der Waals surface area contributed by atoms with Gasteiger partial charge in [0.25, 0.3) is 0 Å². The fraction of sp³-hybridized carbons (Fsp3) is 0.438. The van der Waals surface area contributed by atoms with E-state index >= 15 is 0 Å². The highest BCUT2D eigenvalue weighted by molar-refractivity contribution is 9.10. The SMILES string of the molecule is CCCCN(CC(=O)N(Cc1cccn1Cc1ccc(Br)cc1)C1CCCCC1)S(=O)(=O)c1ccc(NC(C)=O)cc1. The van der Waals surface area contributed by atoms with Crippen LogP contribution in [0.2, 0.25) is 0 Å². The number of nitrogens with zero attached hydrogens (tertiary/aromatic N) is 3. The molecule has 2 amide bonds. The van der Waals surface area contributed by atoms with Gasteiger partial charge in [-0.3, -0.25) is 9.59 Å². The second kappa shape index (κ2) is 15.0. The van der Waals surface area contributed by atoms with E-state index in [0.717, 1.165) is 54.3 Å². The number of sulfonamides is 1. The lowest BCUT2D eigenvalue weighted by Crippen LogP contribution is -2.47. The predicted octanol–water partition coefficient (Wildman–Crippen LogP) is 6.41. The summed E-state index contributed by atoms with van der Waals surface area (Å²) in [6.45, 7) is 4.57. The summed E-state index contributed by atoms with van der Waals surface area (Å²) in [6.07, 6.45) is 8.61. The highest BCUT2D eigenvalue weighted by Crippen LogP contribution is 2.26. The molecular weight excluding hydrogens is 616 g/mol. The van der Waals surface area contributed by atoms with Crippen molar-refractivity contribution in [3.8, 4) is 0 Å². The number of amides is 2. The van der Waals surface area contributed by atoms with Crippen molar-refractivity contribution in [3.63, 3.8) is 0 Å². The minimum absolute atomic E-state index is 0.0787. The molecule has 0 spiro atoms. The Morgan fingerprint density at radius 2 is 1.69 bits per heavy atom. The van der Waals surface area contributed by atoms with E-state index in [4.69, 9.17) is 0 Å². The van der Waals surface area contributed by atoms with Crippen molar-refractivity contribution in [2.24, 2.45) is 0 Å². The number of nitrogens with one attached hydrogen (secondary N) is 1. The zero-order chi connectivity index (χ0) is 30.1. The van der Waals surface area contributed by atoms with Crippen molar-refractivity contribution in [1.82, 2.24) is 13.8 Å². The molecule has 0 unspecified atom stereocenters. The molecule has 0 bridgehead atoms. The first kappa shape index (κ1) is 32.0. The molecule has 1 aromatic heterocycles. The first-order chi connectivity index (χ1) is 20.2. The van der Waals surface area contributed by atoms with Gasteiger partial charge in [0.2, 0.25) is 21.8 Å². The fourth-order valence-electron chi connectivity index (χ4n) is 5.44. The Labute approximate surface area is 258 Å². The summed E-state index contributed by atoms with van der Waals surface area (Å²) in [5, 5.41) is 2.66. The van der Waals surface area contributed by atoms with Crippen molar-refractivity contribution in [1.29, 1.82) is 0 Å². The number of hydrogen-bond acceptors (Lipinski definition) is 4. The third-order valence-corrected chi connectivity index (χ3v) is 10.1. The first-order valence-corrected chi connectivity index (χ1v) is 17.0. The van der Waals surface area contributed by atoms with Crippen LogP contribution in [0.25, 0.3) is 0 Å². The third kappa shape index (κ3) is 8.55. The van der Waals surface area contributed by atoms with Crippen LogP contribution in [0.1, 0.15) is 70.1 Å². The van der Waals surface area contributed by atoms with Crippen molar-refractivity contribution < 1.29 is 18.0 Å². The number of halogens is 1. The van der Waals surface area contributed by atoms with Gasteiger partial charge in [-0.2, -0.15) is 4.31 Å². The standard InChI is InChI=1S/C32H41BrN4O4S/c1-3-4-21-36(42(40,41)31-18-16-28(17-19-31)34-25(2)38)24-32(39)37(29-9-6-5-7-10-29)23-30-11-8-20-35(30)22-26-12-14-27(33)15-13-26/h8,11-20,29H,3-7,9-10,21-24H2,1-2H3,(H,34,38). The van der Waals surface area contributed by atoms with E-state index in [1.165, 1.54) is 23.4 Å². The van der Waals surface area contributed by atoms with Crippen LogP contribution >= 0.6 is 15.9 Å². The fourth-order valence-corrected chi connectivity index (χ4v) is 7.14. The number of aromatic nitrogens is 1. The molecule has 0 saturated heterocycles. The van der Waals surface area contributed by atoms with Crippen LogP contribution in [-0.4, -0.2) is 53.1 Å². The summed E-state index contributed by atoms with van der Waals surface area (Å²) in [4.78, 5) is 27.5. The Bertz CT molecular complexity index is 1430. The average Bonchev–Trinajstić information content (AvgIpc) is 3.41. The smallest absolute Gasteiger partial charge is 0.243 e. The van der Waals surface area contributed by atoms with Gasteiger partial charge in [-0.05, 0) is 73.4 Å². The number of carbonyl (C=O) groups is 2. The van der Waals surface area contributed by atoms with Gasteiger partial charge in [-0.25, -0.2) is 8.42 Å². The molecule has 1 aliphatic carbocycles. The Hall–Kier alpha value is -2.95. The minimum atomic E-state index is -3.93. The first-order valence-electron chi connectivity index (χ1n) is 14.7. The lowest BCUT2D eigenvalue weighted by atomic mass is 9.94. The van der Waals surface area contributed by atoms with E-state index in [-0.39, 0.29) is 35.8 Å². The number of carbonyl (C=O) groups excluding carboxylic acids is 2. The van der Waals surface area contributed by atoms with Crippen LogP contribution in [0.15, 0.2) is 76.2 Å². The maximum atomic E-state index is 14.1. The summed E-state index contributed by atoms with van der Waals surface area (Å²) < 4.78 is 32.0. The van der Waals surface area contributed by atoms with Crippen LogP contribution in [0.3, 0.4) is 0 Å². The maximum Gasteiger partial charge on any atom is 0.243 e. The number of anilines is 1. The largest absolute Gasteiger partial charge is 0.345 e. The highest BCUT2D eigenvalue weighted by Gasteiger charge is 2.32. The van der Waals surface area contributed by atoms with Crippen molar-refractivity contribution in [2.45, 2.75) is 82.8 Å². The Morgan fingerprint density at radius 1 is 1.00 bits per heavy atom. The molecule has 42 heavy (non-hydrogen) atoms. The molecule has 1 heterocycles. The van der Waals surface area contributed by atoms with Gasteiger partial charge in [0, 0.05) is 48.1 Å². The highest BCUT2D eigenvalue weighted by atomic mass is 79.9. The van der Waals surface area contributed by atoms with E-state index in [1.54, 1.807) is 12.1 Å². The molecule has 226 valence electrons. The lowest BCUT2D eigenvalue weighted by molar-refractivity contribution is -0.135. The molecule has 0 aliphatic heterocycles. The van der Waals surface area contributed by atoms with E-state index in [1.807, 2.05) is 42.3 Å². The van der Waals surface area contributed by atoms with Crippen LogP contribution in [0, 0.1) is 0 Å². The van der Waals surface area contributed by atoms with Crippen LogP contribution in [0.5, 0.6) is 0 Å². The summed E-state index contributed by atoms with van der Waals surface area (Å²) in [5.41, 5.74) is 2.70. The monoisotopic (exact) mass is 656 g/mol. The summed E-state index contributed by atoms with van der Waals surface area (Å²) >= 11 is 3.49. The van der Waals surface area contributed by atoms with E-state index in [2.05, 4.69) is 37.9 Å². The van der Waals surface area contributed by atoms with Gasteiger partial charge in [-0.1, -0.05) is 60.7 Å². The Morgan fingerprint density at radius 3 is 2.33 bits per heavy atom. The van der Waals surface area contributed by atoms with Gasteiger partial charge in [0.05, 0.1) is 18.0 Å². The van der Waals surface area contributed by atoms with Crippen LogP contribution < -0.4 is 5.32 Å². The molecule has 8 nitrogen and oxygen atoms in total. The van der Waals surface area contributed by atoms with Crippen LogP contribution in [0.4, 0.5) is 5.69 Å². The van der Waals surface area contributed by atoms with Crippen molar-refractivity contribution >= 4 is 43.5 Å². The second-order valence-electron chi connectivity index (χ2n) is 11.0. The Balaban J connectivity index is 1.57. The second-order valence-corrected chi connectivity index (χ2v) is 13.8. The van der Waals surface area contributed by atoms with Crippen molar-refractivity contribution in [2.75, 3.05) is 18.4 Å². The summed E-state index contributed by atoms with van der Waals surface area (Å²) in [6, 6.07) is 18.4. The lowest BCUT2D eigenvalue weighted by Gasteiger charge is -2.36. The summed E-state index contributed by atoms with van der Waals surface area (Å²) in [7, 11) is -3.93. The molecule has 10 heteroatoms. The van der Waals surface area contributed by atoms with Gasteiger partial charge >= 0.3 is 0 Å². The molecule has 1 aliphatic rings. The van der Waals surface area contributed by atoms with Crippen molar-refractivity contribution in [3.05, 3.63) is 82.6 Å². The molecule has 1 N–H and O–H groups in total. The number of unbranched alkanes of at least 4 members (excludes halogenated alkanes) is 1. The van der Waals surface area contributed by atoms with Gasteiger partial charge in [0.1, 0.15) is 0 Å². The van der Waals surface area contributed by atoms with E-state index in [9.17, 15) is 18.0 Å². The molecule has 3 aromatic rings. The molecule has 1 saturated carbocycles. The van der Waals surface area contributed by atoms with E-state index in [0.29, 0.717) is 25.2 Å². The van der Waals surface area contributed by atoms with Gasteiger partial charge in [0.15, 0.2) is 0 Å². The molecule has 1 fully saturated rings. The summed E-state index contributed by atoms with van der Waals surface area (Å²) in [5.74, 6) is -0.403. The number of benzene rings is 2. The zero-order valence-corrected chi connectivity index (χ0v) is 26.9. The van der Waals surface area contributed by atoms with Gasteiger partial charge < -0.3 is 14.8 Å². The molecular formula is C32H41BrN4O4S. The number of hydrogen-bond donors (Lipinski definition) is 1. The zero-order valence-electron chi connectivity index (χ0n) is 24.5. The predicted molar refractivity (Wildman–Crippen MR) is 170 cm³/mol. The average molecular weight is 658 g/mol. The quantitative estimate of drug-likeness (QED) is 0.230. The molecule has 4 rings (SSSR count). The third-order valence-electron chi connectivity index (χ3n) is 7.74. The Kier molecular flexibility index (Phi) is 11.4. The molecule has 0 radical (unpaired) electrons. The van der Waals surface area contributed by atoms with Crippen LogP contribution in [-0.2, 0) is 32.7 Å². The molecule has 0 atom stereocenters. The van der Waals surface area contributed by atoms with Gasteiger partial charge in [-0.15, -0.1) is 0 Å².